The monoisotopic (exact) mass is 355 g/mol. The summed E-state index contributed by atoms with van der Waals surface area (Å²) in [5.74, 6) is 1.32. The van der Waals surface area contributed by atoms with Crippen molar-refractivity contribution >= 4 is 22.0 Å². The van der Waals surface area contributed by atoms with Crippen LogP contribution in [-0.2, 0) is 0 Å². The quantitative estimate of drug-likeness (QED) is 0.475. The van der Waals surface area contributed by atoms with Crippen molar-refractivity contribution in [3.8, 4) is 22.9 Å². The predicted octanol–water partition coefficient (Wildman–Crippen LogP) is 4.37. The Morgan fingerprint density at radius 1 is 0.963 bits per heavy atom. The van der Waals surface area contributed by atoms with E-state index in [-0.39, 0.29) is 0 Å². The molecule has 5 aromatic rings. The fourth-order valence-corrected chi connectivity index (χ4v) is 3.34. The average Bonchev–Trinajstić information content (AvgIpc) is 3.28. The molecule has 1 saturated carbocycles. The molecule has 0 spiro atoms. The maximum absolute atomic E-state index is 5.95. The van der Waals surface area contributed by atoms with E-state index < -0.39 is 0 Å². The lowest BCUT2D eigenvalue weighted by atomic mass is 10.1. The molecule has 6 rings (SSSR count). The standard InChI is InChI=1S/C20H13N5O2/c1-3-11-4-2-8-21-16(11)14(5-1)20-24-23-18(26-20)13-9-15-17(12-6-7-12)25-27-19(15)22-10-13/h1-5,8-10,12H,6-7H2. The Morgan fingerprint density at radius 2 is 1.85 bits per heavy atom. The van der Waals surface area contributed by atoms with Gasteiger partial charge >= 0.3 is 0 Å². The minimum absolute atomic E-state index is 0.412. The molecule has 130 valence electrons. The molecule has 1 aliphatic rings. The molecule has 0 N–H and O–H groups in total. The van der Waals surface area contributed by atoms with Crippen LogP contribution in [0.25, 0.3) is 44.9 Å². The molecule has 0 aliphatic heterocycles. The van der Waals surface area contributed by atoms with E-state index in [4.69, 9.17) is 8.94 Å². The predicted molar refractivity (Wildman–Crippen MR) is 97.8 cm³/mol. The maximum Gasteiger partial charge on any atom is 0.257 e. The number of para-hydroxylation sites is 1. The first kappa shape index (κ1) is 14.5. The highest BCUT2D eigenvalue weighted by molar-refractivity contribution is 5.91. The van der Waals surface area contributed by atoms with E-state index in [0.717, 1.165) is 46.0 Å². The van der Waals surface area contributed by atoms with Crippen molar-refractivity contribution in [2.45, 2.75) is 18.8 Å². The maximum atomic E-state index is 5.95. The van der Waals surface area contributed by atoms with Crippen LogP contribution in [0.3, 0.4) is 0 Å². The van der Waals surface area contributed by atoms with E-state index in [1.54, 1.807) is 12.4 Å². The van der Waals surface area contributed by atoms with Gasteiger partial charge in [-0.05, 0) is 31.0 Å². The Morgan fingerprint density at radius 3 is 2.78 bits per heavy atom. The summed E-state index contributed by atoms with van der Waals surface area (Å²) in [6, 6.07) is 11.8. The summed E-state index contributed by atoms with van der Waals surface area (Å²) in [5, 5.41) is 14.6. The summed E-state index contributed by atoms with van der Waals surface area (Å²) in [5.41, 5.74) is 3.90. The number of nitrogens with zero attached hydrogens (tertiary/aromatic N) is 5. The molecule has 0 unspecified atom stereocenters. The summed E-state index contributed by atoms with van der Waals surface area (Å²) in [6.07, 6.45) is 5.71. The van der Waals surface area contributed by atoms with E-state index in [1.165, 1.54) is 0 Å². The highest BCUT2D eigenvalue weighted by Crippen LogP contribution is 2.42. The summed E-state index contributed by atoms with van der Waals surface area (Å²) >= 11 is 0. The van der Waals surface area contributed by atoms with Gasteiger partial charge < -0.3 is 8.94 Å². The van der Waals surface area contributed by atoms with E-state index in [2.05, 4.69) is 25.3 Å². The Labute approximate surface area is 153 Å². The largest absolute Gasteiger partial charge is 0.416 e. The number of hydrogen-bond acceptors (Lipinski definition) is 7. The second-order valence-electron chi connectivity index (χ2n) is 6.71. The van der Waals surface area contributed by atoms with Crippen LogP contribution in [0.5, 0.6) is 0 Å². The molecule has 0 bridgehead atoms. The Hall–Kier alpha value is -3.61. The number of hydrogen-bond donors (Lipinski definition) is 0. The van der Waals surface area contributed by atoms with Crippen molar-refractivity contribution in [2.75, 3.05) is 0 Å². The van der Waals surface area contributed by atoms with Gasteiger partial charge in [-0.15, -0.1) is 10.2 Å². The van der Waals surface area contributed by atoms with Crippen molar-refractivity contribution in [3.63, 3.8) is 0 Å². The zero-order chi connectivity index (χ0) is 17.8. The van der Waals surface area contributed by atoms with Gasteiger partial charge in [0.25, 0.3) is 5.71 Å². The zero-order valence-corrected chi connectivity index (χ0v) is 14.2. The van der Waals surface area contributed by atoms with Crippen LogP contribution >= 0.6 is 0 Å². The van der Waals surface area contributed by atoms with Gasteiger partial charge in [-0.2, -0.15) is 0 Å². The van der Waals surface area contributed by atoms with E-state index >= 15 is 0 Å². The summed E-state index contributed by atoms with van der Waals surface area (Å²) < 4.78 is 11.3. The van der Waals surface area contributed by atoms with E-state index in [1.807, 2.05) is 36.4 Å². The first-order valence-electron chi connectivity index (χ1n) is 8.80. The van der Waals surface area contributed by atoms with Gasteiger partial charge in [0.05, 0.1) is 27.7 Å². The minimum Gasteiger partial charge on any atom is -0.416 e. The number of rotatable bonds is 3. The molecule has 0 radical (unpaired) electrons. The van der Waals surface area contributed by atoms with Crippen LogP contribution in [0.4, 0.5) is 0 Å². The number of benzene rings is 1. The van der Waals surface area contributed by atoms with Crippen LogP contribution in [0.1, 0.15) is 24.5 Å². The van der Waals surface area contributed by atoms with Crippen LogP contribution in [0, 0.1) is 0 Å². The Bertz CT molecular complexity index is 1300. The highest BCUT2D eigenvalue weighted by Gasteiger charge is 2.29. The minimum atomic E-state index is 0.412. The molecule has 1 aliphatic carbocycles. The third-order valence-electron chi connectivity index (χ3n) is 4.86. The number of aromatic nitrogens is 5. The molecule has 7 heteroatoms. The molecule has 0 atom stereocenters. The summed E-state index contributed by atoms with van der Waals surface area (Å²) in [4.78, 5) is 8.80. The lowest BCUT2D eigenvalue weighted by molar-refractivity contribution is 0.439. The van der Waals surface area contributed by atoms with Crippen LogP contribution < -0.4 is 0 Å². The fraction of sp³-hybridized carbons (Fsp3) is 0.150. The summed E-state index contributed by atoms with van der Waals surface area (Å²) in [6.45, 7) is 0. The van der Waals surface area contributed by atoms with Crippen LogP contribution in [0.15, 0.2) is 57.7 Å². The lowest BCUT2D eigenvalue weighted by Crippen LogP contribution is -1.84. The topological polar surface area (TPSA) is 90.7 Å². The van der Waals surface area contributed by atoms with Crippen LogP contribution in [-0.4, -0.2) is 25.3 Å². The molecule has 4 aromatic heterocycles. The Kier molecular flexibility index (Phi) is 2.93. The van der Waals surface area contributed by atoms with Gasteiger partial charge in [-0.1, -0.05) is 23.4 Å². The number of fused-ring (bicyclic) bond motifs is 2. The van der Waals surface area contributed by atoms with Crippen molar-refractivity contribution in [3.05, 3.63) is 54.5 Å². The molecule has 4 heterocycles. The lowest BCUT2D eigenvalue weighted by Gasteiger charge is -2.00. The van der Waals surface area contributed by atoms with E-state index in [9.17, 15) is 0 Å². The normalized spacial score (nSPS) is 14.2. The first-order valence-corrected chi connectivity index (χ1v) is 8.80. The second-order valence-corrected chi connectivity index (χ2v) is 6.71. The second kappa shape index (κ2) is 5.44. The smallest absolute Gasteiger partial charge is 0.257 e. The van der Waals surface area contributed by atoms with E-state index in [0.29, 0.717) is 23.4 Å². The molecule has 7 nitrogen and oxygen atoms in total. The van der Waals surface area contributed by atoms with Crippen molar-refractivity contribution < 1.29 is 8.94 Å². The Balaban J connectivity index is 1.46. The van der Waals surface area contributed by atoms with Gasteiger partial charge in [-0.25, -0.2) is 4.98 Å². The third-order valence-corrected chi connectivity index (χ3v) is 4.86. The van der Waals surface area contributed by atoms with Gasteiger partial charge in [0, 0.05) is 23.7 Å². The molecule has 1 aromatic carbocycles. The molecular weight excluding hydrogens is 342 g/mol. The number of pyridine rings is 2. The summed E-state index contributed by atoms with van der Waals surface area (Å²) in [7, 11) is 0. The van der Waals surface area contributed by atoms with Gasteiger partial charge in [-0.3, -0.25) is 4.98 Å². The van der Waals surface area contributed by atoms with Gasteiger partial charge in [0.1, 0.15) is 0 Å². The molecule has 1 fully saturated rings. The highest BCUT2D eigenvalue weighted by atomic mass is 16.5. The molecule has 0 amide bonds. The average molecular weight is 355 g/mol. The molecule has 27 heavy (non-hydrogen) atoms. The fourth-order valence-electron chi connectivity index (χ4n) is 3.34. The zero-order valence-electron chi connectivity index (χ0n) is 14.2. The van der Waals surface area contributed by atoms with Crippen molar-refractivity contribution in [2.24, 2.45) is 0 Å². The SMILES string of the molecule is c1cnc2c(-c3nnc(-c4cnc5onc(C6CC6)c5c4)o3)cccc2c1. The molecular formula is C20H13N5O2. The first-order chi connectivity index (χ1) is 13.4. The van der Waals surface area contributed by atoms with Gasteiger partial charge in [0.2, 0.25) is 11.8 Å². The van der Waals surface area contributed by atoms with Crippen molar-refractivity contribution in [1.82, 2.24) is 25.3 Å². The van der Waals surface area contributed by atoms with Crippen LogP contribution in [0.2, 0.25) is 0 Å². The molecule has 0 saturated heterocycles. The van der Waals surface area contributed by atoms with Crippen molar-refractivity contribution in [1.29, 1.82) is 0 Å². The third kappa shape index (κ3) is 2.32. The van der Waals surface area contributed by atoms with Gasteiger partial charge in [0.15, 0.2) is 0 Å².